The minimum atomic E-state index is -1.47. The van der Waals surface area contributed by atoms with Crippen LogP contribution in [0.2, 0.25) is 0 Å². The zero-order chi connectivity index (χ0) is 15.7. The summed E-state index contributed by atoms with van der Waals surface area (Å²) < 4.78 is 28.1. The Balaban J connectivity index is 2.88. The molecule has 0 saturated heterocycles. The van der Waals surface area contributed by atoms with Crippen molar-refractivity contribution in [2.24, 2.45) is 5.73 Å². The van der Waals surface area contributed by atoms with Crippen LogP contribution < -0.4 is 5.73 Å². The number of nitrogens with zero attached hydrogens (tertiary/aromatic N) is 2. The van der Waals surface area contributed by atoms with E-state index in [1.54, 1.807) is 0 Å². The van der Waals surface area contributed by atoms with Gasteiger partial charge < -0.3 is 5.73 Å². The summed E-state index contributed by atoms with van der Waals surface area (Å²) in [6.45, 7) is 0. The molecule has 0 atom stereocenters. The maximum atomic E-state index is 14.0. The molecule has 1 heterocycles. The van der Waals surface area contributed by atoms with Crippen molar-refractivity contribution in [1.29, 1.82) is 0 Å². The number of halogens is 3. The third-order valence-electron chi connectivity index (χ3n) is 2.62. The number of hydrogen-bond donors (Lipinski definition) is 1. The van der Waals surface area contributed by atoms with Gasteiger partial charge in [0.25, 0.3) is 11.6 Å². The van der Waals surface area contributed by atoms with E-state index in [9.17, 15) is 23.7 Å². The number of pyridine rings is 1. The third kappa shape index (κ3) is 2.72. The molecule has 0 bridgehead atoms. The number of benzene rings is 1. The van der Waals surface area contributed by atoms with Gasteiger partial charge in [-0.25, -0.2) is 8.78 Å². The Kier molecular flexibility index (Phi) is 3.94. The van der Waals surface area contributed by atoms with Crippen LogP contribution in [0.1, 0.15) is 10.4 Å². The number of carbonyl (C=O) groups excluding carboxylic acids is 1. The van der Waals surface area contributed by atoms with E-state index in [4.69, 9.17) is 5.73 Å². The van der Waals surface area contributed by atoms with Gasteiger partial charge in [-0.3, -0.25) is 19.9 Å². The largest absolute Gasteiger partial charge is 0.365 e. The summed E-state index contributed by atoms with van der Waals surface area (Å²) in [5.74, 6) is -4.13. The average molecular weight is 358 g/mol. The number of hydrogen-bond acceptors (Lipinski definition) is 4. The summed E-state index contributed by atoms with van der Waals surface area (Å²) in [6.07, 6.45) is 1.26. The van der Waals surface area contributed by atoms with Gasteiger partial charge in [0.05, 0.1) is 10.6 Å². The van der Waals surface area contributed by atoms with Gasteiger partial charge in [0.15, 0.2) is 11.6 Å². The van der Waals surface area contributed by atoms with Gasteiger partial charge in [-0.2, -0.15) is 0 Å². The van der Waals surface area contributed by atoms with Crippen LogP contribution in [-0.2, 0) is 0 Å². The molecule has 0 saturated carbocycles. The van der Waals surface area contributed by atoms with Crippen LogP contribution in [0.25, 0.3) is 11.3 Å². The van der Waals surface area contributed by atoms with E-state index < -0.39 is 39.3 Å². The third-order valence-corrected chi connectivity index (χ3v) is 3.09. The molecule has 0 aliphatic heterocycles. The molecule has 0 radical (unpaired) electrons. The van der Waals surface area contributed by atoms with Gasteiger partial charge in [-0.15, -0.1) is 0 Å². The Hall–Kier alpha value is -2.42. The number of amides is 1. The van der Waals surface area contributed by atoms with Gasteiger partial charge >= 0.3 is 0 Å². The highest BCUT2D eigenvalue weighted by atomic mass is 79.9. The number of rotatable bonds is 3. The van der Waals surface area contributed by atoms with Crippen LogP contribution in [0, 0.1) is 21.7 Å². The zero-order valence-electron chi connectivity index (χ0n) is 10.1. The molecule has 0 unspecified atom stereocenters. The van der Waals surface area contributed by atoms with Gasteiger partial charge in [-0.1, -0.05) is 0 Å². The number of nitro groups is 1. The summed E-state index contributed by atoms with van der Waals surface area (Å²) >= 11 is 3.10. The molecule has 1 amide bonds. The molecule has 0 aliphatic rings. The van der Waals surface area contributed by atoms with Crippen LogP contribution in [0.4, 0.5) is 14.5 Å². The average Bonchev–Trinajstić information content (AvgIpc) is 2.41. The second-order valence-electron chi connectivity index (χ2n) is 3.93. The fourth-order valence-corrected chi connectivity index (χ4v) is 1.99. The van der Waals surface area contributed by atoms with Crippen LogP contribution in [0.15, 0.2) is 28.9 Å². The van der Waals surface area contributed by atoms with Gasteiger partial charge in [-0.05, 0) is 34.1 Å². The van der Waals surface area contributed by atoms with Gasteiger partial charge in [0, 0.05) is 10.7 Å². The maximum Gasteiger partial charge on any atom is 0.294 e. The highest BCUT2D eigenvalue weighted by Crippen LogP contribution is 2.36. The monoisotopic (exact) mass is 357 g/mol. The molecule has 108 valence electrons. The van der Waals surface area contributed by atoms with E-state index in [-0.39, 0.29) is 5.69 Å². The van der Waals surface area contributed by atoms with E-state index in [0.29, 0.717) is 10.5 Å². The predicted octanol–water partition coefficient (Wildman–Crippen LogP) is 2.80. The number of primary amides is 1. The molecule has 6 nitrogen and oxygen atoms in total. The highest BCUT2D eigenvalue weighted by molar-refractivity contribution is 9.10. The minimum Gasteiger partial charge on any atom is -0.365 e. The fraction of sp³-hybridized carbons (Fsp3) is 0. The summed E-state index contributed by atoms with van der Waals surface area (Å²) in [4.78, 5) is 25.1. The van der Waals surface area contributed by atoms with Crippen molar-refractivity contribution in [2.75, 3.05) is 0 Å². The molecule has 1 aromatic heterocycles. The van der Waals surface area contributed by atoms with Crippen molar-refractivity contribution in [1.82, 2.24) is 4.98 Å². The number of carbonyl (C=O) groups is 1. The van der Waals surface area contributed by atoms with Crippen molar-refractivity contribution in [3.8, 4) is 11.3 Å². The molecular weight excluding hydrogens is 352 g/mol. The van der Waals surface area contributed by atoms with Crippen LogP contribution in [-0.4, -0.2) is 15.8 Å². The normalized spacial score (nSPS) is 10.4. The van der Waals surface area contributed by atoms with E-state index in [0.717, 1.165) is 0 Å². The number of aromatic nitrogens is 1. The molecule has 0 spiro atoms. The lowest BCUT2D eigenvalue weighted by Crippen LogP contribution is -2.15. The summed E-state index contributed by atoms with van der Waals surface area (Å²) in [6, 6.07) is 3.10. The van der Waals surface area contributed by atoms with Crippen molar-refractivity contribution in [3.05, 3.63) is 56.2 Å². The molecule has 1 aromatic carbocycles. The first-order chi connectivity index (χ1) is 9.82. The maximum absolute atomic E-state index is 14.0. The fourth-order valence-electron chi connectivity index (χ4n) is 1.75. The lowest BCUT2D eigenvalue weighted by Gasteiger charge is -2.08. The molecule has 9 heteroatoms. The second kappa shape index (κ2) is 5.52. The summed E-state index contributed by atoms with van der Waals surface area (Å²) in [5, 5.41) is 11.1. The summed E-state index contributed by atoms with van der Waals surface area (Å²) in [7, 11) is 0. The minimum absolute atomic E-state index is 0.190. The van der Waals surface area contributed by atoms with Crippen LogP contribution >= 0.6 is 15.9 Å². The first-order valence-corrected chi connectivity index (χ1v) is 6.20. The Morgan fingerprint density at radius 2 is 2.05 bits per heavy atom. The van der Waals surface area contributed by atoms with Gasteiger partial charge in [0.2, 0.25) is 0 Å². The first-order valence-electron chi connectivity index (χ1n) is 5.41. The molecular formula is C12H6BrF2N3O3. The van der Waals surface area contributed by atoms with Crippen molar-refractivity contribution in [2.45, 2.75) is 0 Å². The molecule has 2 N–H and O–H groups in total. The van der Waals surface area contributed by atoms with Crippen LogP contribution in [0.5, 0.6) is 0 Å². The van der Waals surface area contributed by atoms with Gasteiger partial charge in [0.1, 0.15) is 11.1 Å². The van der Waals surface area contributed by atoms with Crippen LogP contribution in [0.3, 0.4) is 0 Å². The second-order valence-corrected chi connectivity index (χ2v) is 4.84. The van der Waals surface area contributed by atoms with E-state index in [1.165, 1.54) is 18.3 Å². The first kappa shape index (κ1) is 15.0. The lowest BCUT2D eigenvalue weighted by atomic mass is 10.0. The SMILES string of the molecule is NC(=O)c1cc(F)c(F)c(-c2ccc(Br)cn2)c1[N+](=O)[O-]. The smallest absolute Gasteiger partial charge is 0.294 e. The quantitative estimate of drug-likeness (QED) is 0.674. The topological polar surface area (TPSA) is 99.1 Å². The molecule has 0 aliphatic carbocycles. The standard InChI is InChI=1S/C12H6BrF2N3O3/c13-5-1-2-8(17-4-5)9-10(15)7(14)3-6(12(16)19)11(9)18(20)21/h1-4H,(H2,16,19). The lowest BCUT2D eigenvalue weighted by molar-refractivity contribution is -0.384. The Morgan fingerprint density at radius 1 is 1.38 bits per heavy atom. The molecule has 2 aromatic rings. The van der Waals surface area contributed by atoms with E-state index >= 15 is 0 Å². The van der Waals surface area contributed by atoms with Crippen molar-refractivity contribution >= 4 is 27.5 Å². The zero-order valence-corrected chi connectivity index (χ0v) is 11.7. The highest BCUT2D eigenvalue weighted by Gasteiger charge is 2.31. The Bertz CT molecular complexity index is 750. The number of nitrogens with two attached hydrogens (primary N) is 1. The Labute approximate surface area is 124 Å². The van der Waals surface area contributed by atoms with Crippen molar-refractivity contribution < 1.29 is 18.5 Å². The number of nitro benzene ring substituents is 1. The van der Waals surface area contributed by atoms with E-state index in [2.05, 4.69) is 20.9 Å². The molecule has 21 heavy (non-hydrogen) atoms. The molecule has 0 fully saturated rings. The van der Waals surface area contributed by atoms with Crippen molar-refractivity contribution in [3.63, 3.8) is 0 Å². The molecule has 2 rings (SSSR count). The predicted molar refractivity (Wildman–Crippen MR) is 72.5 cm³/mol. The van der Waals surface area contributed by atoms with E-state index in [1.807, 2.05) is 0 Å². The Morgan fingerprint density at radius 3 is 2.52 bits per heavy atom. The summed E-state index contributed by atoms with van der Waals surface area (Å²) in [5.41, 5.74) is 2.43.